The lowest BCUT2D eigenvalue weighted by atomic mass is 9.87. The second-order valence-corrected chi connectivity index (χ2v) is 11.0. The van der Waals surface area contributed by atoms with E-state index >= 15 is 0 Å². The van der Waals surface area contributed by atoms with Gasteiger partial charge in [0.1, 0.15) is 22.1 Å². The molecule has 0 bridgehead atoms. The first-order chi connectivity index (χ1) is 16.9. The third kappa shape index (κ3) is 4.57. The molecule has 36 heavy (non-hydrogen) atoms. The number of amides is 1. The number of hydrogen-bond acceptors (Lipinski definition) is 4. The number of piperidine rings is 1. The van der Waals surface area contributed by atoms with Crippen molar-refractivity contribution in [2.75, 3.05) is 13.1 Å². The van der Waals surface area contributed by atoms with Gasteiger partial charge in [0.25, 0.3) is 5.91 Å². The fourth-order valence-electron chi connectivity index (χ4n) is 4.39. The van der Waals surface area contributed by atoms with Gasteiger partial charge in [-0.15, -0.1) is 0 Å². The van der Waals surface area contributed by atoms with Crippen molar-refractivity contribution in [1.82, 2.24) is 9.88 Å². The zero-order chi connectivity index (χ0) is 26.3. The fraction of sp³-hybridized carbons (Fsp3) is 0.250. The van der Waals surface area contributed by atoms with Crippen LogP contribution in [0.15, 0.2) is 65.7 Å². The highest BCUT2D eigenvalue weighted by Gasteiger charge is 2.51. The summed E-state index contributed by atoms with van der Waals surface area (Å²) in [6.45, 7) is -0.676. The molecule has 3 aromatic rings. The van der Waals surface area contributed by atoms with Crippen LogP contribution in [0.5, 0.6) is 0 Å². The van der Waals surface area contributed by atoms with Crippen LogP contribution in [0.2, 0.25) is 5.02 Å². The Labute approximate surface area is 208 Å². The molecule has 1 saturated heterocycles. The van der Waals surface area contributed by atoms with E-state index in [1.807, 2.05) is 0 Å². The molecular formula is C24H18ClF5N2O3S. The summed E-state index contributed by atoms with van der Waals surface area (Å²) in [6, 6.07) is 9.36. The zero-order valence-corrected chi connectivity index (χ0v) is 20.0. The van der Waals surface area contributed by atoms with Gasteiger partial charge in [0.2, 0.25) is 0 Å². The van der Waals surface area contributed by atoms with Crippen molar-refractivity contribution in [1.29, 1.82) is 0 Å². The number of halogens is 6. The summed E-state index contributed by atoms with van der Waals surface area (Å²) in [6.07, 6.45) is -4.57. The van der Waals surface area contributed by atoms with E-state index in [1.165, 1.54) is 24.3 Å². The van der Waals surface area contributed by atoms with Gasteiger partial charge < -0.3 is 4.90 Å². The van der Waals surface area contributed by atoms with Crippen molar-refractivity contribution in [2.24, 2.45) is 0 Å². The normalized spacial score (nSPS) is 16.1. The predicted molar refractivity (Wildman–Crippen MR) is 121 cm³/mol. The summed E-state index contributed by atoms with van der Waals surface area (Å²) in [5.74, 6) is -2.86. The van der Waals surface area contributed by atoms with E-state index in [2.05, 4.69) is 4.98 Å². The number of nitrogens with zero attached hydrogens (tertiary/aromatic N) is 2. The van der Waals surface area contributed by atoms with Crippen LogP contribution in [-0.4, -0.2) is 37.3 Å². The van der Waals surface area contributed by atoms with Crippen molar-refractivity contribution in [3.05, 3.63) is 94.3 Å². The topological polar surface area (TPSA) is 67.3 Å². The maximum atomic E-state index is 14.9. The first kappa shape index (κ1) is 26.0. The molecule has 1 amide bonds. The molecule has 0 aliphatic carbocycles. The summed E-state index contributed by atoms with van der Waals surface area (Å²) in [7, 11) is -4.38. The van der Waals surface area contributed by atoms with Gasteiger partial charge in [-0.1, -0.05) is 11.6 Å². The number of alkyl halides is 3. The van der Waals surface area contributed by atoms with E-state index < -0.39 is 68.0 Å². The quantitative estimate of drug-likeness (QED) is 0.399. The smallest absolute Gasteiger partial charge is 0.337 e. The van der Waals surface area contributed by atoms with Gasteiger partial charge in [-0.25, -0.2) is 17.2 Å². The number of sulfone groups is 1. The van der Waals surface area contributed by atoms with Crippen LogP contribution in [0.1, 0.15) is 34.5 Å². The second kappa shape index (κ2) is 9.44. The van der Waals surface area contributed by atoms with Crippen molar-refractivity contribution in [3.63, 3.8) is 0 Å². The molecule has 0 spiro atoms. The molecule has 0 unspecified atom stereocenters. The number of hydrogen-bond donors (Lipinski definition) is 0. The summed E-state index contributed by atoms with van der Waals surface area (Å²) in [5.41, 5.74) is -2.47. The van der Waals surface area contributed by atoms with Gasteiger partial charge in [-0.2, -0.15) is 13.2 Å². The lowest BCUT2D eigenvalue weighted by Crippen LogP contribution is -2.49. The molecule has 5 nitrogen and oxygen atoms in total. The van der Waals surface area contributed by atoms with Crippen molar-refractivity contribution < 1.29 is 35.2 Å². The SMILES string of the molecule is O=C(c1ncccc1C(F)(F)F)N1CCC(c2cc(F)ccc2F)(S(=O)(=O)c2ccc(Cl)cc2)CC1. The number of carbonyl (C=O) groups excluding carboxylic acids is 1. The van der Waals surface area contributed by atoms with Crippen molar-refractivity contribution >= 4 is 27.3 Å². The Hall–Kier alpha value is -3.05. The van der Waals surface area contributed by atoms with Crippen molar-refractivity contribution in [3.8, 4) is 0 Å². The van der Waals surface area contributed by atoms with Crippen LogP contribution < -0.4 is 0 Å². The molecule has 1 fully saturated rings. The van der Waals surface area contributed by atoms with Crippen LogP contribution in [0.4, 0.5) is 22.0 Å². The average Bonchev–Trinajstić information content (AvgIpc) is 2.85. The molecule has 1 aliphatic heterocycles. The predicted octanol–water partition coefficient (Wildman–Crippen LogP) is 5.64. The standard InChI is InChI=1S/C24H18ClF5N2O3S/c25-15-3-6-17(7-4-15)36(34,35)23(19-14-16(26)5-8-20(19)27)9-12-32(13-10-23)22(33)21-18(24(28,29)30)2-1-11-31-21/h1-8,11,14H,9-10,12-13H2. The Kier molecular flexibility index (Phi) is 6.82. The number of pyridine rings is 1. The molecule has 0 saturated carbocycles. The molecule has 4 rings (SSSR count). The molecule has 0 atom stereocenters. The molecule has 190 valence electrons. The number of aromatic nitrogens is 1. The van der Waals surface area contributed by atoms with Crippen molar-refractivity contribution in [2.45, 2.75) is 28.7 Å². The lowest BCUT2D eigenvalue weighted by Gasteiger charge is -2.41. The molecule has 2 aromatic carbocycles. The zero-order valence-electron chi connectivity index (χ0n) is 18.4. The molecule has 2 heterocycles. The maximum Gasteiger partial charge on any atom is 0.418 e. The minimum absolute atomic E-state index is 0.195. The fourth-order valence-corrected chi connectivity index (χ4v) is 6.63. The molecule has 1 aliphatic rings. The highest BCUT2D eigenvalue weighted by Crippen LogP contribution is 2.46. The highest BCUT2D eigenvalue weighted by atomic mass is 35.5. The van der Waals surface area contributed by atoms with Crippen LogP contribution in [0.25, 0.3) is 0 Å². The number of carbonyl (C=O) groups is 1. The van der Waals surface area contributed by atoms with Crippen LogP contribution in [0, 0.1) is 11.6 Å². The highest BCUT2D eigenvalue weighted by molar-refractivity contribution is 7.92. The number of benzene rings is 2. The van der Waals surface area contributed by atoms with E-state index in [0.717, 1.165) is 41.4 Å². The number of likely N-dealkylation sites (tertiary alicyclic amines) is 1. The Bertz CT molecular complexity index is 1400. The van der Waals surface area contributed by atoms with Gasteiger partial charge in [-0.3, -0.25) is 9.78 Å². The van der Waals surface area contributed by atoms with Gasteiger partial charge >= 0.3 is 6.18 Å². The monoisotopic (exact) mass is 544 g/mol. The van der Waals surface area contributed by atoms with E-state index in [0.29, 0.717) is 0 Å². The molecule has 0 N–H and O–H groups in total. The summed E-state index contributed by atoms with van der Waals surface area (Å²) in [5, 5.41) is 0.260. The first-order valence-electron chi connectivity index (χ1n) is 10.6. The summed E-state index contributed by atoms with van der Waals surface area (Å²) < 4.78 is 94.9. The van der Waals surface area contributed by atoms with Crippen LogP contribution in [0.3, 0.4) is 0 Å². The Morgan fingerprint density at radius 1 is 1.00 bits per heavy atom. The van der Waals surface area contributed by atoms with Gasteiger partial charge in [0.05, 0.1) is 10.5 Å². The lowest BCUT2D eigenvalue weighted by molar-refractivity contribution is -0.138. The maximum absolute atomic E-state index is 14.9. The van der Waals surface area contributed by atoms with E-state index in [9.17, 15) is 35.2 Å². The second-order valence-electron chi connectivity index (χ2n) is 8.27. The van der Waals surface area contributed by atoms with Crippen LogP contribution >= 0.6 is 11.6 Å². The first-order valence-corrected chi connectivity index (χ1v) is 12.5. The van der Waals surface area contributed by atoms with E-state index in [4.69, 9.17) is 11.6 Å². The third-order valence-electron chi connectivity index (χ3n) is 6.23. The Morgan fingerprint density at radius 2 is 1.64 bits per heavy atom. The summed E-state index contributed by atoms with van der Waals surface area (Å²) in [4.78, 5) is 17.4. The van der Waals surface area contributed by atoms with Gasteiger partial charge in [0.15, 0.2) is 9.84 Å². The third-order valence-corrected chi connectivity index (χ3v) is 9.03. The Balaban J connectivity index is 1.75. The number of rotatable bonds is 4. The summed E-state index contributed by atoms with van der Waals surface area (Å²) >= 11 is 5.87. The van der Waals surface area contributed by atoms with E-state index in [1.54, 1.807) is 0 Å². The Morgan fingerprint density at radius 3 is 2.25 bits per heavy atom. The average molecular weight is 545 g/mol. The van der Waals surface area contributed by atoms with Gasteiger partial charge in [0, 0.05) is 29.9 Å². The van der Waals surface area contributed by atoms with E-state index in [-0.39, 0.29) is 23.0 Å². The molecule has 0 radical (unpaired) electrons. The van der Waals surface area contributed by atoms with Crippen LogP contribution in [-0.2, 0) is 20.8 Å². The molecule has 12 heteroatoms. The van der Waals surface area contributed by atoms with Gasteiger partial charge in [-0.05, 0) is 67.4 Å². The molecular weight excluding hydrogens is 527 g/mol. The minimum Gasteiger partial charge on any atom is -0.337 e. The molecule has 1 aromatic heterocycles. The minimum atomic E-state index is -4.83. The largest absolute Gasteiger partial charge is 0.418 e.